The maximum absolute atomic E-state index is 11.7. The lowest BCUT2D eigenvalue weighted by atomic mass is 10.2. The molecule has 0 spiro atoms. The Hall–Kier alpha value is -1.56. The molecule has 0 bridgehead atoms. The molecule has 1 unspecified atom stereocenters. The third-order valence-corrected chi connectivity index (χ3v) is 3.02. The molecule has 1 saturated heterocycles. The summed E-state index contributed by atoms with van der Waals surface area (Å²) in [7, 11) is 1.62. The predicted molar refractivity (Wildman–Crippen MR) is 65.9 cm³/mol. The van der Waals surface area contributed by atoms with Crippen LogP contribution in [-0.2, 0) is 4.79 Å². The number of aromatic nitrogens is 2. The molecular formula is C10H14ClN5O. The van der Waals surface area contributed by atoms with Crippen molar-refractivity contribution in [3.63, 3.8) is 0 Å². The van der Waals surface area contributed by atoms with Gasteiger partial charge in [-0.1, -0.05) is 0 Å². The zero-order chi connectivity index (χ0) is 12.4. The number of likely N-dealkylation sites (N-methyl/N-ethyl adjacent to an activating group) is 1. The Morgan fingerprint density at radius 2 is 2.47 bits per heavy atom. The van der Waals surface area contributed by atoms with Crippen molar-refractivity contribution in [2.24, 2.45) is 0 Å². The highest BCUT2D eigenvalue weighted by molar-refractivity contribution is 6.28. The van der Waals surface area contributed by atoms with E-state index in [1.54, 1.807) is 7.05 Å². The first-order valence-corrected chi connectivity index (χ1v) is 5.77. The molecule has 0 saturated carbocycles. The number of carbonyl (C=O) groups excluding carboxylic acids is 1. The van der Waals surface area contributed by atoms with Crippen LogP contribution in [0.15, 0.2) is 6.20 Å². The van der Waals surface area contributed by atoms with Crippen molar-refractivity contribution in [3.8, 4) is 0 Å². The highest BCUT2D eigenvalue weighted by atomic mass is 35.5. The summed E-state index contributed by atoms with van der Waals surface area (Å²) in [5.41, 5.74) is 6.25. The van der Waals surface area contributed by atoms with Gasteiger partial charge in [0.2, 0.25) is 11.2 Å². The van der Waals surface area contributed by atoms with Crippen LogP contribution in [0.25, 0.3) is 0 Å². The highest BCUT2D eigenvalue weighted by Gasteiger charge is 2.32. The Bertz CT molecular complexity index is 439. The van der Waals surface area contributed by atoms with Crippen molar-refractivity contribution in [1.82, 2.24) is 15.3 Å². The van der Waals surface area contributed by atoms with E-state index in [1.165, 1.54) is 6.20 Å². The Kier molecular flexibility index (Phi) is 3.33. The largest absolute Gasteiger partial charge is 0.394 e. The quantitative estimate of drug-likeness (QED) is 0.749. The van der Waals surface area contributed by atoms with Crippen LogP contribution < -0.4 is 16.0 Å². The molecule has 6 nitrogen and oxygen atoms in total. The van der Waals surface area contributed by atoms with E-state index in [0.717, 1.165) is 19.4 Å². The molecule has 7 heteroatoms. The molecule has 1 amide bonds. The van der Waals surface area contributed by atoms with E-state index in [4.69, 9.17) is 17.3 Å². The molecule has 1 aromatic rings. The van der Waals surface area contributed by atoms with Crippen molar-refractivity contribution in [2.75, 3.05) is 24.2 Å². The number of rotatable bonds is 2. The number of hydrogen-bond donors (Lipinski definition) is 2. The van der Waals surface area contributed by atoms with Crippen LogP contribution in [0.5, 0.6) is 0 Å². The number of nitrogens with two attached hydrogens (primary N) is 1. The van der Waals surface area contributed by atoms with E-state index in [-0.39, 0.29) is 17.2 Å². The van der Waals surface area contributed by atoms with Gasteiger partial charge in [0, 0.05) is 13.6 Å². The van der Waals surface area contributed by atoms with Crippen LogP contribution in [0.4, 0.5) is 11.5 Å². The minimum Gasteiger partial charge on any atom is -0.394 e. The van der Waals surface area contributed by atoms with Crippen LogP contribution in [0.1, 0.15) is 12.8 Å². The Labute approximate surface area is 104 Å². The van der Waals surface area contributed by atoms with Crippen LogP contribution in [0, 0.1) is 0 Å². The summed E-state index contributed by atoms with van der Waals surface area (Å²) in [4.78, 5) is 21.5. The van der Waals surface area contributed by atoms with Crippen molar-refractivity contribution in [1.29, 1.82) is 0 Å². The summed E-state index contributed by atoms with van der Waals surface area (Å²) in [6.45, 7) is 0.746. The summed E-state index contributed by atoms with van der Waals surface area (Å²) < 4.78 is 0. The summed E-state index contributed by atoms with van der Waals surface area (Å²) in [6, 6.07) is -0.228. The van der Waals surface area contributed by atoms with Gasteiger partial charge in [-0.15, -0.1) is 0 Å². The molecule has 1 fully saturated rings. The fraction of sp³-hybridized carbons (Fsp3) is 0.500. The summed E-state index contributed by atoms with van der Waals surface area (Å²) in [5, 5.41) is 2.78. The maximum Gasteiger partial charge on any atom is 0.242 e. The SMILES string of the molecule is CNC(=O)C1CCCN1c1nc(Cl)ncc1N. The number of nitrogens with zero attached hydrogens (tertiary/aromatic N) is 3. The van der Waals surface area contributed by atoms with E-state index in [9.17, 15) is 4.79 Å². The van der Waals surface area contributed by atoms with Gasteiger partial charge < -0.3 is 16.0 Å². The van der Waals surface area contributed by atoms with Crippen molar-refractivity contribution >= 4 is 29.0 Å². The Morgan fingerprint density at radius 3 is 3.18 bits per heavy atom. The molecule has 3 N–H and O–H groups in total. The van der Waals surface area contributed by atoms with Gasteiger partial charge >= 0.3 is 0 Å². The van der Waals surface area contributed by atoms with Crippen molar-refractivity contribution in [2.45, 2.75) is 18.9 Å². The summed E-state index contributed by atoms with van der Waals surface area (Å²) in [6.07, 6.45) is 3.18. The molecule has 1 aromatic heterocycles. The van der Waals surface area contributed by atoms with Crippen LogP contribution in [-0.4, -0.2) is 35.5 Å². The van der Waals surface area contributed by atoms with Crippen molar-refractivity contribution in [3.05, 3.63) is 11.5 Å². The van der Waals surface area contributed by atoms with E-state index >= 15 is 0 Å². The van der Waals surface area contributed by atoms with Gasteiger partial charge in [-0.2, -0.15) is 4.98 Å². The van der Waals surface area contributed by atoms with E-state index in [2.05, 4.69) is 15.3 Å². The normalized spacial score (nSPS) is 19.4. The Balaban J connectivity index is 2.32. The van der Waals surface area contributed by atoms with E-state index < -0.39 is 0 Å². The molecule has 2 heterocycles. The molecule has 1 aliphatic heterocycles. The molecule has 0 aliphatic carbocycles. The maximum atomic E-state index is 11.7. The summed E-state index contributed by atoms with van der Waals surface area (Å²) in [5.74, 6) is 0.507. The second kappa shape index (κ2) is 4.75. The molecule has 1 atom stereocenters. The molecule has 92 valence electrons. The van der Waals surface area contributed by atoms with Gasteiger partial charge in [-0.3, -0.25) is 4.79 Å². The van der Waals surface area contributed by atoms with Crippen LogP contribution in [0.3, 0.4) is 0 Å². The molecule has 0 aromatic carbocycles. The van der Waals surface area contributed by atoms with Gasteiger partial charge in [0.25, 0.3) is 0 Å². The smallest absolute Gasteiger partial charge is 0.242 e. The number of halogens is 1. The first-order valence-electron chi connectivity index (χ1n) is 5.39. The topological polar surface area (TPSA) is 84.1 Å². The van der Waals surface area contributed by atoms with Gasteiger partial charge in [-0.25, -0.2) is 4.98 Å². The minimum atomic E-state index is -0.228. The fourth-order valence-electron chi connectivity index (χ4n) is 2.05. The number of anilines is 2. The van der Waals surface area contributed by atoms with Gasteiger partial charge in [0.15, 0.2) is 5.82 Å². The highest BCUT2D eigenvalue weighted by Crippen LogP contribution is 2.28. The van der Waals surface area contributed by atoms with Gasteiger partial charge in [-0.05, 0) is 24.4 Å². The minimum absolute atomic E-state index is 0.0309. The second-order valence-corrected chi connectivity index (χ2v) is 4.22. The fourth-order valence-corrected chi connectivity index (χ4v) is 2.18. The zero-order valence-corrected chi connectivity index (χ0v) is 10.2. The average molecular weight is 256 g/mol. The predicted octanol–water partition coefficient (Wildman–Crippen LogP) is 0.427. The Morgan fingerprint density at radius 1 is 1.71 bits per heavy atom. The molecular weight excluding hydrogens is 242 g/mol. The lowest BCUT2D eigenvalue weighted by Gasteiger charge is -2.25. The van der Waals surface area contributed by atoms with Gasteiger partial charge in [0.1, 0.15) is 6.04 Å². The number of hydrogen-bond acceptors (Lipinski definition) is 5. The standard InChI is InChI=1S/C10H14ClN5O/c1-13-9(17)7-3-2-4-16(7)8-6(12)5-14-10(11)15-8/h5,7H,2-4,12H2,1H3,(H,13,17). The van der Waals surface area contributed by atoms with E-state index in [1.807, 2.05) is 4.90 Å². The number of amides is 1. The molecule has 17 heavy (non-hydrogen) atoms. The molecule has 2 rings (SSSR count). The molecule has 0 radical (unpaired) electrons. The number of nitrogen functional groups attached to an aromatic ring is 1. The number of nitrogens with one attached hydrogen (secondary N) is 1. The number of carbonyl (C=O) groups is 1. The third-order valence-electron chi connectivity index (χ3n) is 2.84. The van der Waals surface area contributed by atoms with Gasteiger partial charge in [0.05, 0.1) is 11.9 Å². The van der Waals surface area contributed by atoms with E-state index in [0.29, 0.717) is 11.5 Å². The second-order valence-electron chi connectivity index (χ2n) is 3.88. The average Bonchev–Trinajstić information content (AvgIpc) is 2.80. The van der Waals surface area contributed by atoms with Crippen LogP contribution >= 0.6 is 11.6 Å². The monoisotopic (exact) mass is 255 g/mol. The zero-order valence-electron chi connectivity index (χ0n) is 9.48. The molecule has 1 aliphatic rings. The van der Waals surface area contributed by atoms with Crippen LogP contribution in [0.2, 0.25) is 5.28 Å². The first kappa shape index (κ1) is 11.9. The lowest BCUT2D eigenvalue weighted by Crippen LogP contribution is -2.42. The third kappa shape index (κ3) is 2.26. The van der Waals surface area contributed by atoms with Crippen molar-refractivity contribution < 1.29 is 4.79 Å². The lowest BCUT2D eigenvalue weighted by molar-refractivity contribution is -0.121. The summed E-state index contributed by atoms with van der Waals surface area (Å²) >= 11 is 5.75. The first-order chi connectivity index (χ1) is 8.13.